The summed E-state index contributed by atoms with van der Waals surface area (Å²) in [5.41, 5.74) is 3.04. The van der Waals surface area contributed by atoms with Crippen molar-refractivity contribution in [1.29, 1.82) is 0 Å². The number of hydrogen-bond donors (Lipinski definition) is 0. The molecule has 6 heteroatoms. The number of aryl methyl sites for hydroxylation is 1. The molecular formula is C17H16N4O2. The first-order valence-electron chi connectivity index (χ1n) is 7.19. The van der Waals surface area contributed by atoms with E-state index in [9.17, 15) is 4.79 Å². The highest BCUT2D eigenvalue weighted by atomic mass is 16.5. The molecule has 0 atom stereocenters. The molecule has 0 unspecified atom stereocenters. The second kappa shape index (κ2) is 6.39. The molecule has 2 aromatic heterocycles. The van der Waals surface area contributed by atoms with Crippen LogP contribution in [0.3, 0.4) is 0 Å². The average molecular weight is 308 g/mol. The van der Waals surface area contributed by atoms with E-state index < -0.39 is 0 Å². The highest BCUT2D eigenvalue weighted by Gasteiger charge is 2.16. The van der Waals surface area contributed by atoms with Crippen LogP contribution in [0, 0.1) is 6.92 Å². The van der Waals surface area contributed by atoms with Crippen molar-refractivity contribution in [3.63, 3.8) is 0 Å². The number of methoxy groups -OCH3 is 1. The molecule has 0 aliphatic carbocycles. The number of esters is 1. The minimum absolute atomic E-state index is 0.0563. The van der Waals surface area contributed by atoms with Gasteiger partial charge < -0.3 is 4.74 Å². The van der Waals surface area contributed by atoms with E-state index in [2.05, 4.69) is 15.2 Å². The highest BCUT2D eigenvalue weighted by molar-refractivity contribution is 5.74. The molecule has 2 heterocycles. The second-order valence-electron chi connectivity index (χ2n) is 5.06. The maximum Gasteiger partial charge on any atom is 0.311 e. The number of aromatic nitrogens is 2. The molecule has 0 N–H and O–H groups in total. The molecule has 3 rings (SSSR count). The van der Waals surface area contributed by atoms with Gasteiger partial charge in [-0.25, -0.2) is 4.98 Å². The van der Waals surface area contributed by atoms with E-state index >= 15 is 0 Å². The Morgan fingerprint density at radius 1 is 1.17 bits per heavy atom. The predicted molar refractivity (Wildman–Crippen MR) is 86.3 cm³/mol. The molecule has 0 fully saturated rings. The summed E-state index contributed by atoms with van der Waals surface area (Å²) < 4.78 is 6.57. The van der Waals surface area contributed by atoms with Crippen molar-refractivity contribution in [2.75, 3.05) is 7.11 Å². The van der Waals surface area contributed by atoms with Crippen molar-refractivity contribution in [2.45, 2.75) is 13.3 Å². The number of hydrogen-bond acceptors (Lipinski definition) is 5. The lowest BCUT2D eigenvalue weighted by Crippen LogP contribution is -2.04. The van der Waals surface area contributed by atoms with Gasteiger partial charge in [0.05, 0.1) is 24.9 Å². The standard InChI is InChI=1S/C17H16N4O2/c1-12-7-6-10-21-16(12)18-14(11-15(22)23-2)17(21)20-19-13-8-4-3-5-9-13/h3-10H,11H2,1-2H3. The minimum atomic E-state index is -0.359. The quantitative estimate of drug-likeness (QED) is 0.544. The Balaban J connectivity index is 2.08. The van der Waals surface area contributed by atoms with Crippen LogP contribution in [0.1, 0.15) is 11.3 Å². The maximum absolute atomic E-state index is 11.6. The number of carbonyl (C=O) groups excluding carboxylic acids is 1. The molecule has 0 bridgehead atoms. The van der Waals surface area contributed by atoms with Crippen LogP contribution in [0.4, 0.5) is 11.5 Å². The molecule has 0 aliphatic heterocycles. The molecule has 0 spiro atoms. The van der Waals surface area contributed by atoms with Gasteiger partial charge in [-0.3, -0.25) is 9.20 Å². The third-order valence-corrected chi connectivity index (χ3v) is 3.45. The summed E-state index contributed by atoms with van der Waals surface area (Å²) in [6.45, 7) is 1.96. The van der Waals surface area contributed by atoms with Gasteiger partial charge >= 0.3 is 5.97 Å². The lowest BCUT2D eigenvalue weighted by molar-refractivity contribution is -0.139. The van der Waals surface area contributed by atoms with Gasteiger partial charge in [-0.2, -0.15) is 0 Å². The lowest BCUT2D eigenvalue weighted by atomic mass is 10.3. The molecule has 1 aromatic carbocycles. The fourth-order valence-electron chi connectivity index (χ4n) is 2.27. The van der Waals surface area contributed by atoms with Crippen LogP contribution in [0.15, 0.2) is 58.9 Å². The summed E-state index contributed by atoms with van der Waals surface area (Å²) in [5.74, 6) is 0.181. The van der Waals surface area contributed by atoms with Gasteiger partial charge in [0, 0.05) is 6.20 Å². The molecule has 0 aliphatic rings. The van der Waals surface area contributed by atoms with Crippen LogP contribution in [-0.2, 0) is 16.0 Å². The van der Waals surface area contributed by atoms with Crippen LogP contribution in [0.25, 0.3) is 5.65 Å². The van der Waals surface area contributed by atoms with Gasteiger partial charge in [0.1, 0.15) is 5.65 Å². The SMILES string of the molecule is COC(=O)Cc1nc2c(C)cccn2c1N=Nc1ccccc1. The number of carbonyl (C=O) groups is 1. The van der Waals surface area contributed by atoms with Crippen LogP contribution in [0.5, 0.6) is 0 Å². The number of azo groups is 1. The zero-order chi connectivity index (χ0) is 16.2. The minimum Gasteiger partial charge on any atom is -0.469 e. The Labute approximate surface area is 133 Å². The van der Waals surface area contributed by atoms with E-state index in [1.54, 1.807) is 0 Å². The van der Waals surface area contributed by atoms with Gasteiger partial charge in [0.15, 0.2) is 5.82 Å². The van der Waals surface area contributed by atoms with Gasteiger partial charge in [-0.1, -0.05) is 24.3 Å². The third kappa shape index (κ3) is 3.11. The zero-order valence-electron chi connectivity index (χ0n) is 12.9. The number of benzene rings is 1. The molecule has 6 nitrogen and oxygen atoms in total. The molecule has 0 saturated heterocycles. The van der Waals surface area contributed by atoms with E-state index in [0.29, 0.717) is 11.5 Å². The maximum atomic E-state index is 11.6. The van der Waals surface area contributed by atoms with E-state index in [-0.39, 0.29) is 12.4 Å². The summed E-state index contributed by atoms with van der Waals surface area (Å²) >= 11 is 0. The number of rotatable bonds is 4. The first-order chi connectivity index (χ1) is 11.2. The highest BCUT2D eigenvalue weighted by Crippen LogP contribution is 2.26. The van der Waals surface area contributed by atoms with Gasteiger partial charge in [-0.05, 0) is 30.7 Å². The fourth-order valence-corrected chi connectivity index (χ4v) is 2.27. The molecule has 3 aromatic rings. The van der Waals surface area contributed by atoms with Crippen LogP contribution in [0.2, 0.25) is 0 Å². The van der Waals surface area contributed by atoms with Gasteiger partial charge in [0.2, 0.25) is 0 Å². The Morgan fingerprint density at radius 3 is 2.70 bits per heavy atom. The van der Waals surface area contributed by atoms with E-state index in [1.165, 1.54) is 7.11 Å². The third-order valence-electron chi connectivity index (χ3n) is 3.45. The van der Waals surface area contributed by atoms with Crippen molar-refractivity contribution in [3.05, 3.63) is 59.9 Å². The number of pyridine rings is 1. The Bertz CT molecular complexity index is 869. The van der Waals surface area contributed by atoms with Crippen LogP contribution < -0.4 is 0 Å². The summed E-state index contributed by atoms with van der Waals surface area (Å²) in [6, 6.07) is 13.3. The molecule has 0 radical (unpaired) electrons. The normalized spacial score (nSPS) is 11.2. The van der Waals surface area contributed by atoms with Crippen molar-refractivity contribution >= 4 is 23.1 Å². The monoisotopic (exact) mass is 308 g/mol. The summed E-state index contributed by atoms with van der Waals surface area (Å²) in [6.07, 6.45) is 1.91. The van der Waals surface area contributed by atoms with Crippen molar-refractivity contribution in [1.82, 2.24) is 9.38 Å². The predicted octanol–water partition coefficient (Wildman–Crippen LogP) is 3.77. The lowest BCUT2D eigenvalue weighted by Gasteiger charge is -1.99. The Kier molecular flexibility index (Phi) is 4.14. The van der Waals surface area contributed by atoms with Crippen LogP contribution >= 0.6 is 0 Å². The number of fused-ring (bicyclic) bond motifs is 1. The van der Waals surface area contributed by atoms with Crippen molar-refractivity contribution < 1.29 is 9.53 Å². The summed E-state index contributed by atoms with van der Waals surface area (Å²) in [7, 11) is 1.36. The second-order valence-corrected chi connectivity index (χ2v) is 5.06. The van der Waals surface area contributed by atoms with Crippen LogP contribution in [-0.4, -0.2) is 22.5 Å². The summed E-state index contributed by atoms with van der Waals surface area (Å²) in [5, 5.41) is 8.55. The Hall–Kier alpha value is -3.02. The van der Waals surface area contributed by atoms with E-state index in [4.69, 9.17) is 4.74 Å². The molecule has 0 amide bonds. The van der Waals surface area contributed by atoms with Gasteiger partial charge in [-0.15, -0.1) is 10.2 Å². The smallest absolute Gasteiger partial charge is 0.311 e. The Morgan fingerprint density at radius 2 is 1.96 bits per heavy atom. The topological polar surface area (TPSA) is 68.3 Å². The first-order valence-corrected chi connectivity index (χ1v) is 7.19. The largest absolute Gasteiger partial charge is 0.469 e. The average Bonchev–Trinajstić information content (AvgIpc) is 2.92. The van der Waals surface area contributed by atoms with E-state index in [1.807, 2.05) is 60.0 Å². The molecular weight excluding hydrogens is 292 g/mol. The van der Waals surface area contributed by atoms with Gasteiger partial charge in [0.25, 0.3) is 0 Å². The number of ether oxygens (including phenoxy) is 1. The number of imidazole rings is 1. The number of nitrogens with zero attached hydrogens (tertiary/aromatic N) is 4. The van der Waals surface area contributed by atoms with Crippen molar-refractivity contribution in [3.8, 4) is 0 Å². The molecule has 23 heavy (non-hydrogen) atoms. The van der Waals surface area contributed by atoms with E-state index in [0.717, 1.165) is 16.9 Å². The molecule has 116 valence electrons. The fraction of sp³-hybridized carbons (Fsp3) is 0.176. The zero-order valence-corrected chi connectivity index (χ0v) is 12.9. The first kappa shape index (κ1) is 14.9. The summed E-state index contributed by atoms with van der Waals surface area (Å²) in [4.78, 5) is 16.1. The van der Waals surface area contributed by atoms with Crippen molar-refractivity contribution in [2.24, 2.45) is 10.2 Å². The molecule has 0 saturated carbocycles.